The second kappa shape index (κ2) is 10.1. The van der Waals surface area contributed by atoms with E-state index in [2.05, 4.69) is 36.3 Å². The van der Waals surface area contributed by atoms with Gasteiger partial charge in [0.1, 0.15) is 0 Å². The molecule has 2 N–H and O–H groups in total. The Morgan fingerprint density at radius 3 is 2.41 bits per heavy atom. The van der Waals surface area contributed by atoms with E-state index in [1.807, 2.05) is 12.1 Å². The Morgan fingerprint density at radius 1 is 1.22 bits per heavy atom. The molecule has 1 aromatic rings. The number of guanidine groups is 1. The van der Waals surface area contributed by atoms with Crippen molar-refractivity contribution in [2.75, 3.05) is 32.4 Å². The van der Waals surface area contributed by atoms with Crippen molar-refractivity contribution in [3.63, 3.8) is 0 Å². The second-order valence-corrected chi connectivity index (χ2v) is 9.43. The van der Waals surface area contributed by atoms with Gasteiger partial charge in [0, 0.05) is 38.0 Å². The van der Waals surface area contributed by atoms with Crippen molar-refractivity contribution >= 4 is 15.8 Å². The number of hydrogen-bond acceptors (Lipinski definition) is 4. The molecular weight excluding hydrogens is 360 g/mol. The molecule has 0 aromatic heterocycles. The van der Waals surface area contributed by atoms with Crippen LogP contribution in [0.25, 0.3) is 0 Å². The van der Waals surface area contributed by atoms with E-state index in [0.717, 1.165) is 50.2 Å². The third-order valence-electron chi connectivity index (χ3n) is 4.71. The number of nitrogens with one attached hydrogen (secondary N) is 2. The van der Waals surface area contributed by atoms with Gasteiger partial charge in [0.05, 0.1) is 11.4 Å². The third-order valence-corrected chi connectivity index (χ3v) is 5.84. The van der Waals surface area contributed by atoms with Crippen molar-refractivity contribution in [3.05, 3.63) is 29.8 Å². The SMILES string of the molecule is CCNC(=NCCN(C(C)C)C1CC1)NCCc1ccc(S(C)(=O)=O)cc1. The summed E-state index contributed by atoms with van der Waals surface area (Å²) < 4.78 is 23.0. The summed E-state index contributed by atoms with van der Waals surface area (Å²) in [4.78, 5) is 7.60. The van der Waals surface area contributed by atoms with Crippen molar-refractivity contribution in [2.24, 2.45) is 4.99 Å². The minimum Gasteiger partial charge on any atom is -0.357 e. The molecular formula is C20H34N4O2S. The maximum Gasteiger partial charge on any atom is 0.191 e. The lowest BCUT2D eigenvalue weighted by atomic mass is 10.1. The lowest BCUT2D eigenvalue weighted by Gasteiger charge is -2.25. The number of aliphatic imine (C=N–C) groups is 1. The van der Waals surface area contributed by atoms with Crippen LogP contribution in [0.1, 0.15) is 39.2 Å². The van der Waals surface area contributed by atoms with Crippen LogP contribution in [-0.4, -0.2) is 63.8 Å². The molecule has 1 aliphatic carbocycles. The number of rotatable bonds is 10. The molecule has 0 amide bonds. The fourth-order valence-electron chi connectivity index (χ4n) is 3.12. The Kier molecular flexibility index (Phi) is 8.10. The monoisotopic (exact) mass is 394 g/mol. The van der Waals surface area contributed by atoms with E-state index in [4.69, 9.17) is 4.99 Å². The zero-order chi connectivity index (χ0) is 19.9. The first-order chi connectivity index (χ1) is 12.8. The maximum absolute atomic E-state index is 11.5. The van der Waals surface area contributed by atoms with Gasteiger partial charge >= 0.3 is 0 Å². The van der Waals surface area contributed by atoms with Gasteiger partial charge in [-0.15, -0.1) is 0 Å². The summed E-state index contributed by atoms with van der Waals surface area (Å²) in [6.07, 6.45) is 4.68. The molecule has 152 valence electrons. The average Bonchev–Trinajstić information content (AvgIpc) is 3.42. The molecule has 1 fully saturated rings. The van der Waals surface area contributed by atoms with E-state index in [1.165, 1.54) is 19.1 Å². The molecule has 6 nitrogen and oxygen atoms in total. The molecule has 0 saturated heterocycles. The van der Waals surface area contributed by atoms with Crippen LogP contribution in [0.2, 0.25) is 0 Å². The largest absolute Gasteiger partial charge is 0.357 e. The first-order valence-corrected chi connectivity index (χ1v) is 11.8. The van der Waals surface area contributed by atoms with Crippen molar-refractivity contribution < 1.29 is 8.42 Å². The van der Waals surface area contributed by atoms with Crippen LogP contribution >= 0.6 is 0 Å². The highest BCUT2D eigenvalue weighted by Gasteiger charge is 2.29. The van der Waals surface area contributed by atoms with E-state index in [0.29, 0.717) is 10.9 Å². The number of benzene rings is 1. The summed E-state index contributed by atoms with van der Waals surface area (Å²) in [6, 6.07) is 8.41. The molecule has 0 aliphatic heterocycles. The quantitative estimate of drug-likeness (QED) is 0.469. The van der Waals surface area contributed by atoms with Gasteiger partial charge in [0.2, 0.25) is 0 Å². The van der Waals surface area contributed by atoms with Crippen molar-refractivity contribution in [2.45, 2.75) is 57.0 Å². The molecule has 1 saturated carbocycles. The van der Waals surface area contributed by atoms with Gasteiger partial charge in [0.25, 0.3) is 0 Å². The predicted octanol–water partition coefficient (Wildman–Crippen LogP) is 2.06. The highest BCUT2D eigenvalue weighted by molar-refractivity contribution is 7.90. The summed E-state index contributed by atoms with van der Waals surface area (Å²) in [6.45, 7) is 9.91. The summed E-state index contributed by atoms with van der Waals surface area (Å²) in [5, 5.41) is 6.65. The van der Waals surface area contributed by atoms with Gasteiger partial charge in [-0.3, -0.25) is 9.89 Å². The fourth-order valence-corrected chi connectivity index (χ4v) is 3.75. The molecule has 7 heteroatoms. The maximum atomic E-state index is 11.5. The minimum atomic E-state index is -3.13. The zero-order valence-corrected chi connectivity index (χ0v) is 17.8. The van der Waals surface area contributed by atoms with Gasteiger partial charge in [-0.05, 0) is 57.7 Å². The van der Waals surface area contributed by atoms with Gasteiger partial charge in [-0.1, -0.05) is 12.1 Å². The minimum absolute atomic E-state index is 0.361. The van der Waals surface area contributed by atoms with Crippen LogP contribution in [0.3, 0.4) is 0 Å². The Hall–Kier alpha value is -1.60. The predicted molar refractivity (Wildman–Crippen MR) is 112 cm³/mol. The first kappa shape index (κ1) is 21.7. The highest BCUT2D eigenvalue weighted by atomic mass is 32.2. The normalized spacial score (nSPS) is 15.4. The molecule has 2 rings (SSSR count). The van der Waals surface area contributed by atoms with Crippen LogP contribution in [-0.2, 0) is 16.3 Å². The molecule has 1 aromatic carbocycles. The van der Waals surface area contributed by atoms with Crippen molar-refractivity contribution in [1.82, 2.24) is 15.5 Å². The lowest BCUT2D eigenvalue weighted by molar-refractivity contribution is 0.218. The number of sulfone groups is 1. The topological polar surface area (TPSA) is 73.8 Å². The molecule has 27 heavy (non-hydrogen) atoms. The van der Waals surface area contributed by atoms with Crippen LogP contribution < -0.4 is 10.6 Å². The van der Waals surface area contributed by atoms with Crippen LogP contribution in [0.5, 0.6) is 0 Å². The van der Waals surface area contributed by atoms with E-state index in [-0.39, 0.29) is 0 Å². The molecule has 0 bridgehead atoms. The van der Waals surface area contributed by atoms with Gasteiger partial charge in [-0.25, -0.2) is 8.42 Å². The molecule has 1 aliphatic rings. The van der Waals surface area contributed by atoms with Crippen molar-refractivity contribution in [3.8, 4) is 0 Å². The smallest absolute Gasteiger partial charge is 0.191 e. The lowest BCUT2D eigenvalue weighted by Crippen LogP contribution is -2.40. The van der Waals surface area contributed by atoms with Gasteiger partial charge in [0.15, 0.2) is 15.8 Å². The molecule has 0 unspecified atom stereocenters. The Balaban J connectivity index is 1.81. The van der Waals surface area contributed by atoms with E-state index < -0.39 is 9.84 Å². The zero-order valence-electron chi connectivity index (χ0n) is 17.0. The number of nitrogens with zero attached hydrogens (tertiary/aromatic N) is 2. The summed E-state index contributed by atoms with van der Waals surface area (Å²) >= 11 is 0. The Morgan fingerprint density at radius 2 is 1.89 bits per heavy atom. The summed E-state index contributed by atoms with van der Waals surface area (Å²) in [7, 11) is -3.13. The molecule has 0 spiro atoms. The average molecular weight is 395 g/mol. The van der Waals surface area contributed by atoms with Crippen LogP contribution in [0.15, 0.2) is 34.2 Å². The second-order valence-electron chi connectivity index (χ2n) is 7.42. The van der Waals surface area contributed by atoms with E-state index in [9.17, 15) is 8.42 Å². The first-order valence-electron chi connectivity index (χ1n) is 9.88. The van der Waals surface area contributed by atoms with E-state index in [1.54, 1.807) is 12.1 Å². The van der Waals surface area contributed by atoms with Crippen LogP contribution in [0.4, 0.5) is 0 Å². The van der Waals surface area contributed by atoms with Gasteiger partial charge in [-0.2, -0.15) is 0 Å². The Labute approximate surface area is 164 Å². The number of hydrogen-bond donors (Lipinski definition) is 2. The van der Waals surface area contributed by atoms with Crippen molar-refractivity contribution in [1.29, 1.82) is 0 Å². The fraction of sp³-hybridized carbons (Fsp3) is 0.650. The summed E-state index contributed by atoms with van der Waals surface area (Å²) in [5.41, 5.74) is 1.10. The van der Waals surface area contributed by atoms with Crippen LogP contribution in [0, 0.1) is 0 Å². The molecule has 0 heterocycles. The third kappa shape index (κ3) is 7.50. The Bertz CT molecular complexity index is 708. The molecule has 0 radical (unpaired) electrons. The molecule has 0 atom stereocenters. The summed E-state index contributed by atoms with van der Waals surface area (Å²) in [5.74, 6) is 0.838. The van der Waals surface area contributed by atoms with E-state index >= 15 is 0 Å². The standard InChI is InChI=1S/C20H34N4O2S/c1-5-21-20(23-14-15-24(16(2)3)18-8-9-18)22-13-12-17-6-10-19(11-7-17)27(4,25)26/h6-7,10-11,16,18H,5,8-9,12-15H2,1-4H3,(H2,21,22,23). The van der Waals surface area contributed by atoms with Gasteiger partial charge < -0.3 is 10.6 Å². The highest BCUT2D eigenvalue weighted by Crippen LogP contribution is 2.28.